The van der Waals surface area contributed by atoms with Gasteiger partial charge in [0.2, 0.25) is 0 Å². The van der Waals surface area contributed by atoms with E-state index in [9.17, 15) is 28.8 Å². The Bertz CT molecular complexity index is 2030. The molecule has 0 bridgehead atoms. The van der Waals surface area contributed by atoms with E-state index in [0.29, 0.717) is 32.3 Å². The van der Waals surface area contributed by atoms with Crippen molar-refractivity contribution in [3.63, 3.8) is 0 Å². The Balaban J connectivity index is 0.000000255. The monoisotopic (exact) mass is 758 g/mol. The van der Waals surface area contributed by atoms with Gasteiger partial charge in [0.05, 0.1) is 33.4 Å². The molecule has 6 aromatic carbocycles. The molecule has 14 heteroatoms. The third-order valence-corrected chi connectivity index (χ3v) is 7.12. The van der Waals surface area contributed by atoms with E-state index in [2.05, 4.69) is 0 Å². The van der Waals surface area contributed by atoms with E-state index in [1.54, 1.807) is 91.0 Å². The summed E-state index contributed by atoms with van der Waals surface area (Å²) in [6, 6.07) is 29.1. The number of fused-ring (bicyclic) bond motifs is 3. The van der Waals surface area contributed by atoms with Crippen LogP contribution >= 0.6 is 0 Å². The zero-order chi connectivity index (χ0) is 35.1. The summed E-state index contributed by atoms with van der Waals surface area (Å²) in [5.74, 6) is -7.38. The molecular weight excluding hydrogens is 734 g/mol. The first kappa shape index (κ1) is 40.1. The van der Waals surface area contributed by atoms with Gasteiger partial charge in [-0.15, -0.1) is 0 Å². The van der Waals surface area contributed by atoms with Crippen molar-refractivity contribution in [3.05, 3.63) is 143 Å². The van der Waals surface area contributed by atoms with E-state index in [4.69, 9.17) is 30.6 Å². The molecule has 12 nitrogen and oxygen atoms in total. The van der Waals surface area contributed by atoms with Crippen LogP contribution in [0.1, 0.15) is 62.1 Å². The van der Waals surface area contributed by atoms with Gasteiger partial charge in [0.15, 0.2) is 0 Å². The molecule has 0 aromatic heterocycles. The normalized spacial score (nSPS) is 9.84. The van der Waals surface area contributed by atoms with E-state index in [1.807, 2.05) is 0 Å². The molecule has 0 aliphatic rings. The first-order valence-corrected chi connectivity index (χ1v) is 13.8. The van der Waals surface area contributed by atoms with Gasteiger partial charge in [-0.05, 0) is 50.5 Å². The number of aromatic carboxylic acids is 6. The van der Waals surface area contributed by atoms with E-state index < -0.39 is 35.8 Å². The van der Waals surface area contributed by atoms with Crippen LogP contribution in [0.5, 0.6) is 0 Å². The molecule has 0 amide bonds. The van der Waals surface area contributed by atoms with Crippen LogP contribution in [0.25, 0.3) is 32.3 Å². The number of rotatable bonds is 6. The van der Waals surface area contributed by atoms with Gasteiger partial charge in [-0.2, -0.15) is 0 Å². The summed E-state index contributed by atoms with van der Waals surface area (Å²) in [5, 5.41) is 57.3. The summed E-state index contributed by atoms with van der Waals surface area (Å²) >= 11 is 0. The second-order valence-corrected chi connectivity index (χ2v) is 9.96. The molecule has 0 aliphatic heterocycles. The van der Waals surface area contributed by atoms with Crippen LogP contribution in [0.3, 0.4) is 0 Å². The van der Waals surface area contributed by atoms with Crippen molar-refractivity contribution in [2.75, 3.05) is 0 Å². The number of carboxylic acid groups (broad SMARTS) is 6. The maximum absolute atomic E-state index is 11.1. The first-order valence-electron chi connectivity index (χ1n) is 13.8. The SMILES string of the molecule is O=C(O)c1ccc2ccccc2c1C(=O)O.O=C(O)c1ccc2ccccc2c1C(=O)O.O=C(O)c1ccc2ccccc2c1C(=O)O.[Mn].[Mn]. The molecule has 0 saturated heterocycles. The second-order valence-electron chi connectivity index (χ2n) is 9.96. The Hall–Kier alpha value is -6.04. The Morgan fingerprint density at radius 2 is 0.520 bits per heavy atom. The first-order chi connectivity index (χ1) is 22.8. The number of carbonyl (C=O) groups is 6. The Labute approximate surface area is 303 Å². The summed E-state index contributed by atoms with van der Waals surface area (Å²) in [5.41, 5.74) is -1.05. The van der Waals surface area contributed by atoms with Crippen LogP contribution in [0.15, 0.2) is 109 Å². The third kappa shape index (κ3) is 8.70. The van der Waals surface area contributed by atoms with Crippen molar-refractivity contribution in [1.82, 2.24) is 0 Å². The van der Waals surface area contributed by atoms with Gasteiger partial charge in [-0.3, -0.25) is 0 Å². The number of benzene rings is 6. The Morgan fingerprint density at radius 3 is 0.720 bits per heavy atom. The van der Waals surface area contributed by atoms with Gasteiger partial charge in [0.25, 0.3) is 0 Å². The van der Waals surface area contributed by atoms with Crippen LogP contribution in [-0.4, -0.2) is 66.5 Å². The predicted octanol–water partition coefficient (Wildman–Crippen LogP) is 6.70. The van der Waals surface area contributed by atoms with Crippen LogP contribution in [0.4, 0.5) is 0 Å². The maximum atomic E-state index is 11.1. The molecule has 50 heavy (non-hydrogen) atoms. The minimum absolute atomic E-state index is 0. The van der Waals surface area contributed by atoms with Crippen LogP contribution in [0, 0.1) is 0 Å². The number of carboxylic acids is 6. The third-order valence-electron chi connectivity index (χ3n) is 7.12. The summed E-state index contributed by atoms with van der Waals surface area (Å²) in [4.78, 5) is 66.0. The molecule has 6 rings (SSSR count). The van der Waals surface area contributed by atoms with Crippen LogP contribution < -0.4 is 0 Å². The zero-order valence-corrected chi connectivity index (χ0v) is 27.6. The molecule has 0 saturated carbocycles. The fraction of sp³-hybridized carbons (Fsp3) is 0. The van der Waals surface area contributed by atoms with Gasteiger partial charge in [0.1, 0.15) is 0 Å². The minimum Gasteiger partial charge on any atom is -0.478 e. The van der Waals surface area contributed by atoms with Gasteiger partial charge < -0.3 is 30.6 Å². The summed E-state index contributed by atoms with van der Waals surface area (Å²) in [7, 11) is 0. The average Bonchev–Trinajstić information content (AvgIpc) is 3.06. The maximum Gasteiger partial charge on any atom is 0.337 e. The summed E-state index contributed by atoms with van der Waals surface area (Å²) < 4.78 is 0. The predicted molar refractivity (Wildman–Crippen MR) is 174 cm³/mol. The van der Waals surface area contributed by atoms with E-state index >= 15 is 0 Å². The van der Waals surface area contributed by atoms with Gasteiger partial charge in [0, 0.05) is 34.1 Å². The zero-order valence-electron chi connectivity index (χ0n) is 25.3. The number of hydrogen-bond acceptors (Lipinski definition) is 6. The molecule has 0 fully saturated rings. The van der Waals surface area contributed by atoms with Crippen molar-refractivity contribution in [2.24, 2.45) is 0 Å². The van der Waals surface area contributed by atoms with Gasteiger partial charge in [-0.25, -0.2) is 28.8 Å². The van der Waals surface area contributed by atoms with Crippen molar-refractivity contribution in [3.8, 4) is 0 Å². The molecule has 0 aliphatic carbocycles. The molecular formula is C36H24Mn2O12. The molecule has 6 aromatic rings. The van der Waals surface area contributed by atoms with Crippen LogP contribution in [0.2, 0.25) is 0 Å². The van der Waals surface area contributed by atoms with Crippen molar-refractivity contribution < 1.29 is 93.5 Å². The standard InChI is InChI=1S/3C12H8O4.2Mn/c3*13-11(14)9-6-5-7-3-1-2-4-8(7)10(9)12(15)16;;/h3*1-6H,(H,13,14)(H,15,16);;. The van der Waals surface area contributed by atoms with Crippen molar-refractivity contribution >= 4 is 68.1 Å². The fourth-order valence-corrected chi connectivity index (χ4v) is 5.04. The Morgan fingerprint density at radius 1 is 0.300 bits per heavy atom. The molecule has 2 radical (unpaired) electrons. The fourth-order valence-electron chi connectivity index (χ4n) is 5.04. The second kappa shape index (κ2) is 17.4. The molecule has 254 valence electrons. The topological polar surface area (TPSA) is 224 Å². The molecule has 0 atom stereocenters. The van der Waals surface area contributed by atoms with Crippen LogP contribution in [-0.2, 0) is 34.1 Å². The molecule has 6 N–H and O–H groups in total. The smallest absolute Gasteiger partial charge is 0.337 e. The van der Waals surface area contributed by atoms with Gasteiger partial charge in [-0.1, -0.05) is 91.0 Å². The minimum atomic E-state index is -1.23. The van der Waals surface area contributed by atoms with E-state index in [0.717, 1.165) is 0 Å². The molecule has 0 unspecified atom stereocenters. The van der Waals surface area contributed by atoms with E-state index in [1.165, 1.54) is 18.2 Å². The average molecular weight is 758 g/mol. The van der Waals surface area contributed by atoms with Gasteiger partial charge >= 0.3 is 35.8 Å². The molecule has 0 spiro atoms. The largest absolute Gasteiger partial charge is 0.478 e. The van der Waals surface area contributed by atoms with E-state index in [-0.39, 0.29) is 67.5 Å². The Kier molecular flexibility index (Phi) is 14.0. The molecule has 0 heterocycles. The van der Waals surface area contributed by atoms with Crippen molar-refractivity contribution in [1.29, 1.82) is 0 Å². The van der Waals surface area contributed by atoms with Crippen molar-refractivity contribution in [2.45, 2.75) is 0 Å². The summed E-state index contributed by atoms with van der Waals surface area (Å²) in [6.07, 6.45) is 0. The quantitative estimate of drug-likeness (QED) is 0.0976. The number of hydrogen-bond donors (Lipinski definition) is 6. The summed E-state index contributed by atoms with van der Waals surface area (Å²) in [6.45, 7) is 0.